The van der Waals surface area contributed by atoms with Gasteiger partial charge in [0.15, 0.2) is 0 Å². The Morgan fingerprint density at radius 3 is 2.69 bits per heavy atom. The van der Waals surface area contributed by atoms with Gasteiger partial charge in [-0.15, -0.1) is 0 Å². The SMILES string of the molecule is C=C/C=c1/nc(C2CN(Cc3ccc4nc(C(=C)C=C)c(CCCCC(=O)O)nc4c3)C2)[nH]c1=C. The third kappa shape index (κ3) is 5.63. The van der Waals surface area contributed by atoms with Crippen molar-refractivity contribution in [1.29, 1.82) is 0 Å². The molecular weight excluding hydrogens is 438 g/mol. The highest BCUT2D eigenvalue weighted by Gasteiger charge is 2.30. The fourth-order valence-corrected chi connectivity index (χ4v) is 4.35. The fourth-order valence-electron chi connectivity index (χ4n) is 4.35. The number of allylic oxidation sites excluding steroid dienone is 3. The van der Waals surface area contributed by atoms with Gasteiger partial charge >= 0.3 is 5.97 Å². The van der Waals surface area contributed by atoms with Crippen molar-refractivity contribution in [1.82, 2.24) is 24.8 Å². The summed E-state index contributed by atoms with van der Waals surface area (Å²) in [5.41, 5.74) is 5.12. The number of carbonyl (C=O) groups is 1. The Morgan fingerprint density at radius 2 is 1.97 bits per heavy atom. The molecule has 0 aliphatic carbocycles. The van der Waals surface area contributed by atoms with E-state index in [2.05, 4.69) is 53.3 Å². The van der Waals surface area contributed by atoms with Gasteiger partial charge in [-0.05, 0) is 48.6 Å². The Hall–Kier alpha value is -3.84. The molecule has 0 bridgehead atoms. The van der Waals surface area contributed by atoms with Crippen molar-refractivity contribution in [2.75, 3.05) is 13.1 Å². The standard InChI is InChI=1S/C28H31N5O2/c1-5-9-22-19(4)29-28(32-22)21-16-33(17-21)15-20-12-13-23-25(14-20)30-24(10-7-8-11-26(34)35)27(31-23)18(3)6-2/h5-6,9,12-14,21H,1-4,7-8,10-11,15-17H2,(H,29,32)(H,34,35)/b22-9+. The van der Waals surface area contributed by atoms with Gasteiger partial charge in [-0.2, -0.15) is 0 Å². The van der Waals surface area contributed by atoms with Crippen LogP contribution in [0.2, 0.25) is 0 Å². The summed E-state index contributed by atoms with van der Waals surface area (Å²) >= 11 is 0. The maximum absolute atomic E-state index is 10.8. The molecule has 7 nitrogen and oxygen atoms in total. The molecular formula is C28H31N5O2. The summed E-state index contributed by atoms with van der Waals surface area (Å²) in [6.45, 7) is 18.3. The number of nitrogens with zero attached hydrogens (tertiary/aromatic N) is 4. The molecule has 4 rings (SSSR count). The molecule has 0 saturated carbocycles. The fraction of sp³-hybridized carbons (Fsp3) is 0.286. The van der Waals surface area contributed by atoms with Crippen molar-refractivity contribution in [2.24, 2.45) is 0 Å². The Morgan fingerprint density at radius 1 is 1.17 bits per heavy atom. The lowest BCUT2D eigenvalue weighted by Gasteiger charge is -2.38. The highest BCUT2D eigenvalue weighted by atomic mass is 16.4. The second-order valence-electron chi connectivity index (χ2n) is 8.95. The number of likely N-dealkylation sites (tertiary alicyclic amines) is 1. The molecule has 35 heavy (non-hydrogen) atoms. The van der Waals surface area contributed by atoms with E-state index in [0.717, 1.165) is 70.6 Å². The lowest BCUT2D eigenvalue weighted by atomic mass is 9.98. The van der Waals surface area contributed by atoms with Gasteiger partial charge in [0.1, 0.15) is 5.82 Å². The zero-order valence-corrected chi connectivity index (χ0v) is 20.0. The number of benzene rings is 1. The molecule has 1 saturated heterocycles. The Bertz CT molecular complexity index is 1400. The lowest BCUT2D eigenvalue weighted by Crippen LogP contribution is -2.44. The molecule has 0 radical (unpaired) electrons. The average Bonchev–Trinajstić information content (AvgIpc) is 3.17. The minimum Gasteiger partial charge on any atom is -0.481 e. The van der Waals surface area contributed by atoms with E-state index in [-0.39, 0.29) is 6.42 Å². The minimum absolute atomic E-state index is 0.154. The molecule has 1 aliphatic rings. The van der Waals surface area contributed by atoms with Crippen LogP contribution in [-0.2, 0) is 17.8 Å². The molecule has 0 spiro atoms. The molecule has 180 valence electrons. The zero-order valence-electron chi connectivity index (χ0n) is 20.0. The van der Waals surface area contributed by atoms with Gasteiger partial charge in [-0.3, -0.25) is 9.69 Å². The van der Waals surface area contributed by atoms with Crippen LogP contribution in [0, 0.1) is 0 Å². The number of carboxylic acids is 1. The van der Waals surface area contributed by atoms with E-state index in [0.29, 0.717) is 18.8 Å². The number of H-pyrrole nitrogens is 1. The number of nitrogens with one attached hydrogen (secondary N) is 1. The predicted molar refractivity (Wildman–Crippen MR) is 140 cm³/mol. The van der Waals surface area contributed by atoms with Crippen molar-refractivity contribution in [3.63, 3.8) is 0 Å². The number of aromatic amines is 1. The number of fused-ring (bicyclic) bond motifs is 1. The number of aliphatic carboxylic acids is 1. The van der Waals surface area contributed by atoms with Gasteiger partial charge in [0.05, 0.1) is 33.1 Å². The van der Waals surface area contributed by atoms with E-state index in [1.165, 1.54) is 5.56 Å². The summed E-state index contributed by atoms with van der Waals surface area (Å²) < 4.78 is 0. The highest BCUT2D eigenvalue weighted by molar-refractivity contribution is 5.80. The normalized spacial score (nSPS) is 14.7. The molecule has 2 aromatic heterocycles. The van der Waals surface area contributed by atoms with Gasteiger partial charge in [-0.25, -0.2) is 15.0 Å². The maximum atomic E-state index is 10.8. The van der Waals surface area contributed by atoms with Crippen molar-refractivity contribution < 1.29 is 9.90 Å². The molecule has 3 aromatic rings. The summed E-state index contributed by atoms with van der Waals surface area (Å²) in [6, 6.07) is 6.19. The number of carboxylic acid groups (broad SMARTS) is 1. The minimum atomic E-state index is -0.780. The monoisotopic (exact) mass is 469 g/mol. The molecule has 0 unspecified atom stereocenters. The van der Waals surface area contributed by atoms with Crippen LogP contribution in [0.15, 0.2) is 50.1 Å². The van der Waals surface area contributed by atoms with Crippen LogP contribution >= 0.6 is 0 Å². The van der Waals surface area contributed by atoms with E-state index in [1.807, 2.05) is 12.1 Å². The van der Waals surface area contributed by atoms with Crippen LogP contribution in [0.1, 0.15) is 48.0 Å². The van der Waals surface area contributed by atoms with Crippen LogP contribution in [-0.4, -0.2) is 49.0 Å². The smallest absolute Gasteiger partial charge is 0.303 e. The topological polar surface area (TPSA) is 95.0 Å². The number of imidazole rings is 1. The number of rotatable bonds is 11. The summed E-state index contributed by atoms with van der Waals surface area (Å²) in [4.78, 5) is 30.9. The molecule has 2 N–H and O–H groups in total. The molecule has 1 aromatic carbocycles. The Labute approximate surface area is 205 Å². The molecule has 0 amide bonds. The highest BCUT2D eigenvalue weighted by Crippen LogP contribution is 2.27. The van der Waals surface area contributed by atoms with Crippen LogP contribution in [0.3, 0.4) is 0 Å². The van der Waals surface area contributed by atoms with E-state index in [9.17, 15) is 4.79 Å². The lowest BCUT2D eigenvalue weighted by molar-refractivity contribution is -0.137. The Balaban J connectivity index is 1.47. The first-order valence-corrected chi connectivity index (χ1v) is 11.8. The first kappa shape index (κ1) is 24.3. The summed E-state index contributed by atoms with van der Waals surface area (Å²) in [5, 5.41) is 10.6. The third-order valence-electron chi connectivity index (χ3n) is 6.26. The zero-order chi connectivity index (χ0) is 24.9. The van der Waals surface area contributed by atoms with E-state index >= 15 is 0 Å². The molecule has 0 atom stereocenters. The number of aromatic nitrogens is 4. The van der Waals surface area contributed by atoms with Gasteiger partial charge in [0.2, 0.25) is 0 Å². The maximum Gasteiger partial charge on any atom is 0.303 e. The predicted octanol–water partition coefficient (Wildman–Crippen LogP) is 3.33. The van der Waals surface area contributed by atoms with Crippen LogP contribution in [0.5, 0.6) is 0 Å². The number of aryl methyl sites for hydroxylation is 1. The molecule has 7 heteroatoms. The number of unbranched alkanes of at least 4 members (excludes halogenated alkanes) is 1. The molecule has 1 fully saturated rings. The van der Waals surface area contributed by atoms with E-state index in [4.69, 9.17) is 15.1 Å². The van der Waals surface area contributed by atoms with Gasteiger partial charge in [-0.1, -0.05) is 44.5 Å². The van der Waals surface area contributed by atoms with Crippen LogP contribution in [0.4, 0.5) is 0 Å². The summed E-state index contributed by atoms with van der Waals surface area (Å²) in [6.07, 6.45) is 7.41. The Kier molecular flexibility index (Phi) is 7.36. The van der Waals surface area contributed by atoms with Gasteiger partial charge < -0.3 is 10.1 Å². The van der Waals surface area contributed by atoms with Crippen molar-refractivity contribution in [3.8, 4) is 0 Å². The first-order chi connectivity index (χ1) is 16.9. The summed E-state index contributed by atoms with van der Waals surface area (Å²) in [5.74, 6) is 0.566. The van der Waals surface area contributed by atoms with Crippen molar-refractivity contribution in [3.05, 3.63) is 83.6 Å². The van der Waals surface area contributed by atoms with E-state index in [1.54, 1.807) is 12.2 Å². The average molecular weight is 470 g/mol. The van der Waals surface area contributed by atoms with E-state index < -0.39 is 5.97 Å². The second-order valence-corrected chi connectivity index (χ2v) is 8.95. The van der Waals surface area contributed by atoms with Crippen molar-refractivity contribution >= 4 is 35.2 Å². The summed E-state index contributed by atoms with van der Waals surface area (Å²) in [7, 11) is 0. The van der Waals surface area contributed by atoms with Gasteiger partial charge in [0.25, 0.3) is 0 Å². The largest absolute Gasteiger partial charge is 0.481 e. The van der Waals surface area contributed by atoms with Crippen LogP contribution < -0.4 is 10.7 Å². The quantitative estimate of drug-likeness (QED) is 0.330. The second kappa shape index (κ2) is 10.6. The first-order valence-electron chi connectivity index (χ1n) is 11.8. The number of hydrogen-bond acceptors (Lipinski definition) is 5. The van der Waals surface area contributed by atoms with Crippen LogP contribution in [0.25, 0.3) is 29.3 Å². The number of hydrogen-bond donors (Lipinski definition) is 2. The van der Waals surface area contributed by atoms with Gasteiger partial charge in [0, 0.05) is 32.0 Å². The third-order valence-corrected chi connectivity index (χ3v) is 6.26. The molecule has 1 aliphatic heterocycles. The van der Waals surface area contributed by atoms with Crippen molar-refractivity contribution in [2.45, 2.75) is 38.1 Å². The molecule has 3 heterocycles.